The molecule has 0 radical (unpaired) electrons. The van der Waals surface area contributed by atoms with Crippen LogP contribution < -0.4 is 5.32 Å². The minimum atomic E-state index is -0.351. The Balaban J connectivity index is 2.16. The van der Waals surface area contributed by atoms with Crippen molar-refractivity contribution in [1.29, 1.82) is 0 Å². The van der Waals surface area contributed by atoms with E-state index in [0.717, 1.165) is 12.2 Å². The fraction of sp³-hybridized carbons (Fsp3) is 0.545. The van der Waals surface area contributed by atoms with Crippen molar-refractivity contribution in [1.82, 2.24) is 20.1 Å². The number of carbonyl (C=O) groups is 1. The van der Waals surface area contributed by atoms with E-state index in [0.29, 0.717) is 25.3 Å². The fourth-order valence-corrected chi connectivity index (χ4v) is 1.24. The van der Waals surface area contributed by atoms with Crippen molar-refractivity contribution >= 4 is 5.97 Å². The molecule has 0 aliphatic rings. The number of nitrogens with zero attached hydrogens (tertiary/aromatic N) is 3. The lowest BCUT2D eigenvalue weighted by atomic mass is 10.3. The van der Waals surface area contributed by atoms with E-state index < -0.39 is 0 Å². The number of hydrogen-bond donors (Lipinski definition) is 1. The highest BCUT2D eigenvalue weighted by atomic mass is 16.5. The van der Waals surface area contributed by atoms with Gasteiger partial charge in [0.1, 0.15) is 6.33 Å². The molecule has 1 heterocycles. The lowest BCUT2D eigenvalue weighted by molar-refractivity contribution is -0.138. The number of hydrogen-bond acceptors (Lipinski definition) is 5. The Bertz CT molecular complexity index is 387. The van der Waals surface area contributed by atoms with Gasteiger partial charge in [-0.15, -0.1) is 0 Å². The van der Waals surface area contributed by atoms with Gasteiger partial charge in [0, 0.05) is 32.1 Å². The lowest BCUT2D eigenvalue weighted by Gasteiger charge is -2.05. The van der Waals surface area contributed by atoms with E-state index in [1.165, 1.54) is 0 Å². The Kier molecular flexibility index (Phi) is 5.35. The number of esters is 1. The van der Waals surface area contributed by atoms with Crippen LogP contribution in [0.15, 0.2) is 18.5 Å². The van der Waals surface area contributed by atoms with Gasteiger partial charge in [0.05, 0.1) is 6.61 Å². The molecule has 0 atom stereocenters. The summed E-state index contributed by atoms with van der Waals surface area (Å²) in [5.41, 5.74) is 0.431. The van der Waals surface area contributed by atoms with Gasteiger partial charge in [0.15, 0.2) is 5.82 Å². The molecule has 0 spiro atoms. The van der Waals surface area contributed by atoms with Crippen molar-refractivity contribution < 1.29 is 9.53 Å². The molecular weight excluding hydrogens is 220 g/mol. The van der Waals surface area contributed by atoms with Gasteiger partial charge in [-0.05, 0) is 6.92 Å². The molecule has 1 N–H and O–H groups in total. The van der Waals surface area contributed by atoms with E-state index in [1.54, 1.807) is 17.9 Å². The second-order valence-corrected chi connectivity index (χ2v) is 3.59. The van der Waals surface area contributed by atoms with Crippen molar-refractivity contribution in [2.75, 3.05) is 19.7 Å². The van der Waals surface area contributed by atoms with E-state index in [-0.39, 0.29) is 5.97 Å². The van der Waals surface area contributed by atoms with Crippen LogP contribution in [0.2, 0.25) is 0 Å². The first kappa shape index (κ1) is 13.4. The van der Waals surface area contributed by atoms with E-state index in [1.807, 2.05) is 7.05 Å². The Morgan fingerprint density at radius 1 is 1.65 bits per heavy atom. The van der Waals surface area contributed by atoms with Crippen molar-refractivity contribution in [3.05, 3.63) is 24.3 Å². The fourth-order valence-electron chi connectivity index (χ4n) is 1.24. The zero-order chi connectivity index (χ0) is 12.7. The highest BCUT2D eigenvalue weighted by Crippen LogP contribution is 1.93. The Morgan fingerprint density at radius 3 is 3.00 bits per heavy atom. The summed E-state index contributed by atoms with van der Waals surface area (Å²) in [5, 5.41) is 7.24. The predicted octanol–water partition coefficient (Wildman–Crippen LogP) is 0.0665. The lowest BCUT2D eigenvalue weighted by Crippen LogP contribution is -2.24. The smallest absolute Gasteiger partial charge is 0.334 e. The van der Waals surface area contributed by atoms with Gasteiger partial charge < -0.3 is 10.1 Å². The third-order valence-electron chi connectivity index (χ3n) is 2.07. The summed E-state index contributed by atoms with van der Waals surface area (Å²) in [5.74, 6) is 0.428. The third kappa shape index (κ3) is 4.78. The second kappa shape index (κ2) is 6.80. The Morgan fingerprint density at radius 2 is 2.41 bits per heavy atom. The molecule has 0 bridgehead atoms. The SMILES string of the molecule is C=C(CNCCc1ncn(C)n1)C(=O)OCC. The molecule has 0 amide bonds. The average Bonchev–Trinajstić information content (AvgIpc) is 2.70. The third-order valence-corrected chi connectivity index (χ3v) is 2.07. The summed E-state index contributed by atoms with van der Waals surface area (Å²) in [7, 11) is 1.83. The van der Waals surface area contributed by atoms with Crippen LogP contribution in [0.4, 0.5) is 0 Å². The highest BCUT2D eigenvalue weighted by molar-refractivity contribution is 5.88. The zero-order valence-corrected chi connectivity index (χ0v) is 10.3. The number of aryl methyl sites for hydroxylation is 1. The van der Waals surface area contributed by atoms with E-state index in [9.17, 15) is 4.79 Å². The number of carbonyl (C=O) groups excluding carboxylic acids is 1. The van der Waals surface area contributed by atoms with Crippen LogP contribution in [-0.2, 0) is 23.0 Å². The van der Waals surface area contributed by atoms with Crippen LogP contribution in [0.5, 0.6) is 0 Å². The van der Waals surface area contributed by atoms with Gasteiger partial charge in [0.25, 0.3) is 0 Å². The van der Waals surface area contributed by atoms with Gasteiger partial charge in [-0.3, -0.25) is 4.68 Å². The zero-order valence-electron chi connectivity index (χ0n) is 10.3. The van der Waals surface area contributed by atoms with Gasteiger partial charge in [0.2, 0.25) is 0 Å². The standard InChI is InChI=1S/C11H18N4O2/c1-4-17-11(16)9(2)7-12-6-5-10-13-8-15(3)14-10/h8,12H,2,4-7H2,1,3H3. The predicted molar refractivity (Wildman–Crippen MR) is 63.3 cm³/mol. The van der Waals surface area contributed by atoms with Crippen molar-refractivity contribution in [2.45, 2.75) is 13.3 Å². The molecule has 6 heteroatoms. The number of rotatable bonds is 7. The monoisotopic (exact) mass is 238 g/mol. The normalized spacial score (nSPS) is 10.2. The minimum Gasteiger partial charge on any atom is -0.463 e. The molecule has 17 heavy (non-hydrogen) atoms. The van der Waals surface area contributed by atoms with Crippen LogP contribution in [0.3, 0.4) is 0 Å². The first-order valence-corrected chi connectivity index (χ1v) is 5.53. The maximum absolute atomic E-state index is 11.2. The summed E-state index contributed by atoms with van der Waals surface area (Å²) in [6, 6.07) is 0. The Labute approximate surface area is 101 Å². The molecule has 1 aromatic rings. The molecule has 1 rings (SSSR count). The van der Waals surface area contributed by atoms with E-state index in [2.05, 4.69) is 22.0 Å². The highest BCUT2D eigenvalue weighted by Gasteiger charge is 2.06. The summed E-state index contributed by atoms with van der Waals surface area (Å²) in [6.07, 6.45) is 2.38. The molecule has 0 aromatic carbocycles. The molecule has 1 aromatic heterocycles. The maximum Gasteiger partial charge on any atom is 0.334 e. The summed E-state index contributed by atoms with van der Waals surface area (Å²) < 4.78 is 6.48. The van der Waals surface area contributed by atoms with Gasteiger partial charge >= 0.3 is 5.97 Å². The van der Waals surface area contributed by atoms with Gasteiger partial charge in [-0.2, -0.15) is 5.10 Å². The molecule has 0 saturated carbocycles. The maximum atomic E-state index is 11.2. The molecular formula is C11H18N4O2. The number of nitrogens with one attached hydrogen (secondary N) is 1. The molecule has 0 aliphatic heterocycles. The van der Waals surface area contributed by atoms with E-state index >= 15 is 0 Å². The molecule has 0 fully saturated rings. The number of aromatic nitrogens is 3. The van der Waals surface area contributed by atoms with Crippen molar-refractivity contribution in [3.63, 3.8) is 0 Å². The quantitative estimate of drug-likeness (QED) is 0.413. The molecule has 0 saturated heterocycles. The van der Waals surface area contributed by atoms with Crippen molar-refractivity contribution in [2.24, 2.45) is 7.05 Å². The van der Waals surface area contributed by atoms with Crippen LogP contribution in [0, 0.1) is 0 Å². The topological polar surface area (TPSA) is 69.0 Å². The second-order valence-electron chi connectivity index (χ2n) is 3.59. The summed E-state index contributed by atoms with van der Waals surface area (Å²) in [6.45, 7) is 6.91. The van der Waals surface area contributed by atoms with Gasteiger partial charge in [-0.1, -0.05) is 6.58 Å². The van der Waals surface area contributed by atoms with Crippen LogP contribution in [0.1, 0.15) is 12.7 Å². The van der Waals surface area contributed by atoms with Gasteiger partial charge in [-0.25, -0.2) is 9.78 Å². The Hall–Kier alpha value is -1.69. The average molecular weight is 238 g/mol. The van der Waals surface area contributed by atoms with E-state index in [4.69, 9.17) is 4.74 Å². The molecule has 6 nitrogen and oxygen atoms in total. The number of ether oxygens (including phenoxy) is 1. The molecule has 0 aliphatic carbocycles. The minimum absolute atomic E-state index is 0.351. The van der Waals surface area contributed by atoms with Crippen LogP contribution >= 0.6 is 0 Å². The molecule has 94 valence electrons. The molecule has 0 unspecified atom stereocenters. The van der Waals surface area contributed by atoms with Crippen LogP contribution in [0.25, 0.3) is 0 Å². The van der Waals surface area contributed by atoms with Crippen molar-refractivity contribution in [3.8, 4) is 0 Å². The first-order valence-electron chi connectivity index (χ1n) is 5.53. The largest absolute Gasteiger partial charge is 0.463 e. The summed E-state index contributed by atoms with van der Waals surface area (Å²) in [4.78, 5) is 15.3. The van der Waals surface area contributed by atoms with Crippen LogP contribution in [-0.4, -0.2) is 40.4 Å². The first-order chi connectivity index (χ1) is 8.13. The summed E-state index contributed by atoms with van der Waals surface area (Å²) >= 11 is 0.